The maximum Gasteiger partial charge on any atom is 0.312 e. The van der Waals surface area contributed by atoms with Crippen LogP contribution in [0.3, 0.4) is 0 Å². The first-order chi connectivity index (χ1) is 25.7. The van der Waals surface area contributed by atoms with Gasteiger partial charge in [0.05, 0.1) is 56.1 Å². The maximum absolute atomic E-state index is 12.6. The summed E-state index contributed by atoms with van der Waals surface area (Å²) in [6.07, 6.45) is 2.62. The third-order valence-corrected chi connectivity index (χ3v) is 11.3. The number of carboxylic acid groups (broad SMARTS) is 2. The summed E-state index contributed by atoms with van der Waals surface area (Å²) in [6.45, 7) is 8.38. The molecule has 15 nitrogen and oxygen atoms in total. The van der Waals surface area contributed by atoms with E-state index in [0.717, 1.165) is 22.3 Å². The van der Waals surface area contributed by atoms with E-state index in [-0.39, 0.29) is 32.2 Å². The van der Waals surface area contributed by atoms with Crippen LogP contribution in [0.5, 0.6) is 5.75 Å². The summed E-state index contributed by atoms with van der Waals surface area (Å²) in [4.78, 5) is 23.8. The maximum atomic E-state index is 12.6. The number of aromatic nitrogens is 6. The number of para-hydroxylation sites is 1. The van der Waals surface area contributed by atoms with Crippen LogP contribution in [0.4, 0.5) is 0 Å². The van der Waals surface area contributed by atoms with Crippen molar-refractivity contribution < 1.29 is 38.4 Å². The zero-order chi connectivity index (χ0) is 38.6. The van der Waals surface area contributed by atoms with Crippen LogP contribution in [0.2, 0.25) is 0 Å². The van der Waals surface area contributed by atoms with Gasteiger partial charge in [0.25, 0.3) is 0 Å². The lowest BCUT2D eigenvalue weighted by atomic mass is 9.81. The molecular formula is C38H45N7O8S. The number of hydrogen-bond acceptors (Lipinski definition) is 11. The molecule has 0 amide bonds. The number of nitrogens with zero attached hydrogens (tertiary/aromatic N) is 7. The van der Waals surface area contributed by atoms with Crippen LogP contribution in [0.15, 0.2) is 84.0 Å². The number of hydrogen-bond donors (Lipinski definition) is 4. The number of aliphatic carboxylic acids is 2. The summed E-state index contributed by atoms with van der Waals surface area (Å²) < 4.78 is 40.3. The molecule has 0 saturated carbocycles. The molecule has 2 aromatic heterocycles. The molecule has 6 rings (SSSR count). The smallest absolute Gasteiger partial charge is 0.312 e. The molecule has 0 fully saturated rings. The van der Waals surface area contributed by atoms with Crippen molar-refractivity contribution in [1.29, 1.82) is 0 Å². The number of fused-ring (bicyclic) bond motifs is 1. The van der Waals surface area contributed by atoms with Crippen LogP contribution < -0.4 is 4.74 Å². The van der Waals surface area contributed by atoms with Crippen molar-refractivity contribution >= 4 is 22.7 Å². The molecule has 0 spiro atoms. The highest BCUT2D eigenvalue weighted by Gasteiger charge is 2.40. The SMILES string of the molecule is Cc1ccc(C(OCc2cn(Cc3cccc(Cn4cc(CCC(=O)O)nn4)c3)nn2)C(C)(C)C(=O)O)cc1CN1CC(C)Oc2ccccc2S1(O)O. The Kier molecular flexibility index (Phi) is 11.5. The summed E-state index contributed by atoms with van der Waals surface area (Å²) in [7, 11) is -3.39. The van der Waals surface area contributed by atoms with Gasteiger partial charge >= 0.3 is 11.9 Å². The van der Waals surface area contributed by atoms with Gasteiger partial charge in [-0.05, 0) is 67.6 Å². The first-order valence-electron chi connectivity index (χ1n) is 17.5. The summed E-state index contributed by atoms with van der Waals surface area (Å²) >= 11 is 0. The highest BCUT2D eigenvalue weighted by atomic mass is 32.3. The van der Waals surface area contributed by atoms with Gasteiger partial charge in [-0.1, -0.05) is 65.0 Å². The Bertz CT molecular complexity index is 2120. The lowest BCUT2D eigenvalue weighted by Crippen LogP contribution is -2.34. The molecule has 0 saturated heterocycles. The Morgan fingerprint density at radius 3 is 2.28 bits per heavy atom. The van der Waals surface area contributed by atoms with Crippen LogP contribution in [0.25, 0.3) is 0 Å². The molecule has 1 aliphatic rings. The van der Waals surface area contributed by atoms with Crippen molar-refractivity contribution in [2.24, 2.45) is 5.41 Å². The van der Waals surface area contributed by atoms with Gasteiger partial charge in [0.15, 0.2) is 0 Å². The number of carbonyl (C=O) groups is 2. The average molecular weight is 760 g/mol. The molecule has 2 atom stereocenters. The summed E-state index contributed by atoms with van der Waals surface area (Å²) in [6, 6.07) is 20.4. The average Bonchev–Trinajstić information content (AvgIpc) is 3.75. The number of benzene rings is 3. The third kappa shape index (κ3) is 8.97. The van der Waals surface area contributed by atoms with E-state index in [1.165, 1.54) is 0 Å². The van der Waals surface area contributed by atoms with Crippen LogP contribution >= 0.6 is 10.8 Å². The lowest BCUT2D eigenvalue weighted by Gasteiger charge is -2.42. The van der Waals surface area contributed by atoms with Crippen LogP contribution in [0, 0.1) is 12.3 Å². The summed E-state index contributed by atoms with van der Waals surface area (Å²) in [5.74, 6) is -1.48. The molecule has 3 aromatic carbocycles. The van der Waals surface area contributed by atoms with Gasteiger partial charge in [-0.3, -0.25) is 18.7 Å². The second-order valence-corrected chi connectivity index (χ2v) is 16.1. The zero-order valence-electron chi connectivity index (χ0n) is 30.6. The van der Waals surface area contributed by atoms with Crippen molar-refractivity contribution in [2.45, 2.75) is 83.9 Å². The van der Waals surface area contributed by atoms with Crippen molar-refractivity contribution in [3.8, 4) is 5.75 Å². The molecule has 3 heterocycles. The second-order valence-electron chi connectivity index (χ2n) is 14.1. The number of ether oxygens (including phenoxy) is 2. The largest absolute Gasteiger partial charge is 0.487 e. The molecule has 16 heteroatoms. The Hall–Kier alpha value is -5.13. The van der Waals surface area contributed by atoms with Crippen molar-refractivity contribution in [1.82, 2.24) is 34.3 Å². The Morgan fingerprint density at radius 1 is 0.926 bits per heavy atom. The van der Waals surface area contributed by atoms with Crippen LogP contribution in [-0.4, -0.2) is 78.2 Å². The van der Waals surface area contributed by atoms with E-state index in [2.05, 4.69) is 20.6 Å². The van der Waals surface area contributed by atoms with Crippen molar-refractivity contribution in [2.75, 3.05) is 6.54 Å². The molecule has 2 unspecified atom stereocenters. The topological polar surface area (TPSA) is 198 Å². The molecule has 0 aliphatic carbocycles. The molecular weight excluding hydrogens is 715 g/mol. The van der Waals surface area contributed by atoms with Gasteiger partial charge < -0.3 is 19.7 Å². The van der Waals surface area contributed by atoms with Gasteiger partial charge in [0.2, 0.25) is 0 Å². The minimum absolute atomic E-state index is 0.000557. The fraction of sp³-hybridized carbons (Fsp3) is 0.368. The van der Waals surface area contributed by atoms with Gasteiger partial charge in [0.1, 0.15) is 22.4 Å². The quantitative estimate of drug-likeness (QED) is 0.0975. The fourth-order valence-electron chi connectivity index (χ4n) is 6.38. The van der Waals surface area contributed by atoms with Crippen molar-refractivity contribution in [3.05, 3.63) is 118 Å². The number of carboxylic acids is 2. The predicted octanol–water partition coefficient (Wildman–Crippen LogP) is 5.97. The van der Waals surface area contributed by atoms with Crippen molar-refractivity contribution in [3.63, 3.8) is 0 Å². The Balaban J connectivity index is 1.15. The molecule has 54 heavy (non-hydrogen) atoms. The first kappa shape index (κ1) is 38.6. The highest BCUT2D eigenvalue weighted by molar-refractivity contribution is 8.22. The summed E-state index contributed by atoms with van der Waals surface area (Å²) in [5.41, 5.74) is 4.08. The van der Waals surface area contributed by atoms with E-state index in [1.54, 1.807) is 64.2 Å². The highest BCUT2D eigenvalue weighted by Crippen LogP contribution is 2.57. The van der Waals surface area contributed by atoms with E-state index < -0.39 is 34.2 Å². The monoisotopic (exact) mass is 759 g/mol. The molecule has 4 N–H and O–H groups in total. The number of aryl methyl sites for hydroxylation is 2. The molecule has 5 aromatic rings. The fourth-order valence-corrected chi connectivity index (χ4v) is 8.04. The van der Waals surface area contributed by atoms with Crippen LogP contribution in [0.1, 0.15) is 72.5 Å². The standard InChI is InChI=1S/C38H45N7O8S/c1-25-12-13-29(17-30(25)21-45-18-26(2)53-33-10-5-6-11-34(33)54(45,50)51)36(38(3,4)37(48)49)52-24-32-23-44(42-40-32)20-28-9-7-8-27(16-28)19-43-22-31(39-41-43)14-15-35(46)47/h5-13,16-17,22-23,26,36,50-51H,14-15,18-21,24H2,1-4H3,(H,46,47)(H,48,49). The third-order valence-electron chi connectivity index (χ3n) is 9.37. The van der Waals surface area contributed by atoms with E-state index in [4.69, 9.17) is 14.6 Å². The number of rotatable bonds is 15. The second kappa shape index (κ2) is 16.1. The van der Waals surface area contributed by atoms with Gasteiger partial charge in [0, 0.05) is 19.2 Å². The minimum Gasteiger partial charge on any atom is -0.487 e. The van der Waals surface area contributed by atoms with Crippen LogP contribution in [-0.2, 0) is 47.0 Å². The van der Waals surface area contributed by atoms with Gasteiger partial charge in [-0.15, -0.1) is 21.0 Å². The molecule has 286 valence electrons. The normalized spacial score (nSPS) is 16.9. The summed E-state index contributed by atoms with van der Waals surface area (Å²) in [5, 5.41) is 35.9. The van der Waals surface area contributed by atoms with E-state index in [1.807, 2.05) is 56.3 Å². The van der Waals surface area contributed by atoms with E-state index in [9.17, 15) is 23.8 Å². The molecule has 0 bridgehead atoms. The van der Waals surface area contributed by atoms with E-state index in [0.29, 0.717) is 47.1 Å². The predicted molar refractivity (Wildman–Crippen MR) is 199 cm³/mol. The minimum atomic E-state index is -3.39. The van der Waals surface area contributed by atoms with Gasteiger partial charge in [-0.25, -0.2) is 9.36 Å². The van der Waals surface area contributed by atoms with Gasteiger partial charge in [-0.2, -0.15) is 4.31 Å². The molecule has 1 aliphatic heterocycles. The first-order valence-corrected chi connectivity index (χ1v) is 19.0. The van der Waals surface area contributed by atoms with E-state index >= 15 is 0 Å². The molecule has 0 radical (unpaired) electrons. The Morgan fingerprint density at radius 2 is 1.59 bits per heavy atom. The Labute approximate surface area is 314 Å². The lowest BCUT2D eigenvalue weighted by molar-refractivity contribution is -0.158. The zero-order valence-corrected chi connectivity index (χ0v) is 31.4.